The largest absolute Gasteiger partial charge is 0.358 e. The predicted octanol–water partition coefficient (Wildman–Crippen LogP) is 4.10. The Morgan fingerprint density at radius 2 is 1.86 bits per heavy atom. The molecule has 0 aliphatic carbocycles. The van der Waals surface area contributed by atoms with Crippen LogP contribution in [-0.2, 0) is 17.8 Å². The van der Waals surface area contributed by atoms with Crippen LogP contribution in [0.5, 0.6) is 0 Å². The number of aromatic nitrogens is 1. The number of aromatic amines is 1. The van der Waals surface area contributed by atoms with Crippen LogP contribution < -0.4 is 10.7 Å². The van der Waals surface area contributed by atoms with Gasteiger partial charge in [0.2, 0.25) is 5.91 Å². The highest BCUT2D eigenvalue weighted by Gasteiger charge is 2.23. The number of hydrogen-bond acceptors (Lipinski definition) is 3. The van der Waals surface area contributed by atoms with Crippen molar-refractivity contribution in [3.63, 3.8) is 0 Å². The fourth-order valence-corrected chi connectivity index (χ4v) is 4.12. The van der Waals surface area contributed by atoms with Crippen molar-refractivity contribution in [2.24, 2.45) is 0 Å². The van der Waals surface area contributed by atoms with Gasteiger partial charge < -0.3 is 10.3 Å². The third-order valence-electron chi connectivity index (χ3n) is 5.65. The second-order valence-corrected chi connectivity index (χ2v) is 8.24. The van der Waals surface area contributed by atoms with Gasteiger partial charge in [0.15, 0.2) is 5.43 Å². The normalized spacial score (nSPS) is 14.1. The van der Waals surface area contributed by atoms with Crippen LogP contribution in [0.25, 0.3) is 10.9 Å². The predicted molar refractivity (Wildman–Crippen MR) is 118 cm³/mol. The van der Waals surface area contributed by atoms with Gasteiger partial charge in [-0.3, -0.25) is 14.5 Å². The van der Waals surface area contributed by atoms with Gasteiger partial charge in [-0.05, 0) is 49.6 Å². The molecule has 0 spiro atoms. The number of carbonyl (C=O) groups excluding carboxylic acids is 1. The molecular weight excluding hydrogens is 386 g/mol. The second-order valence-electron chi connectivity index (χ2n) is 7.83. The van der Waals surface area contributed by atoms with E-state index >= 15 is 0 Å². The number of carbonyl (C=O) groups is 1. The molecule has 29 heavy (non-hydrogen) atoms. The Bertz CT molecular complexity index is 1180. The summed E-state index contributed by atoms with van der Waals surface area (Å²) in [6, 6.07) is 9.50. The van der Waals surface area contributed by atoms with Gasteiger partial charge in [0.1, 0.15) is 0 Å². The number of rotatable bonds is 3. The van der Waals surface area contributed by atoms with E-state index in [1.165, 1.54) is 0 Å². The topological polar surface area (TPSA) is 65.2 Å². The number of nitrogens with zero attached hydrogens (tertiary/aromatic N) is 1. The fourth-order valence-electron chi connectivity index (χ4n) is 3.94. The molecule has 0 bridgehead atoms. The van der Waals surface area contributed by atoms with Gasteiger partial charge in [0.05, 0.1) is 12.1 Å². The molecule has 0 radical (unpaired) electrons. The molecule has 3 aromatic rings. The number of amides is 1. The van der Waals surface area contributed by atoms with Gasteiger partial charge in [-0.25, -0.2) is 0 Å². The van der Waals surface area contributed by atoms with Gasteiger partial charge in [-0.15, -0.1) is 0 Å². The quantitative estimate of drug-likeness (QED) is 0.684. The zero-order valence-corrected chi connectivity index (χ0v) is 17.6. The van der Waals surface area contributed by atoms with E-state index in [2.05, 4.69) is 10.3 Å². The van der Waals surface area contributed by atoms with Crippen molar-refractivity contribution < 1.29 is 4.79 Å². The van der Waals surface area contributed by atoms with Crippen molar-refractivity contribution >= 4 is 34.1 Å². The zero-order valence-electron chi connectivity index (χ0n) is 16.9. The minimum atomic E-state index is -0.113. The molecule has 2 aromatic carbocycles. The molecule has 150 valence electrons. The Hall–Kier alpha value is -2.63. The summed E-state index contributed by atoms with van der Waals surface area (Å²) in [6.45, 7) is 7.32. The minimum absolute atomic E-state index is 0.0744. The summed E-state index contributed by atoms with van der Waals surface area (Å²) in [7, 11) is 0. The summed E-state index contributed by atoms with van der Waals surface area (Å²) in [4.78, 5) is 31.2. The molecule has 1 amide bonds. The number of H-pyrrole nitrogens is 1. The monoisotopic (exact) mass is 409 g/mol. The van der Waals surface area contributed by atoms with Crippen molar-refractivity contribution in [1.29, 1.82) is 0 Å². The average Bonchev–Trinajstić information content (AvgIpc) is 2.68. The van der Waals surface area contributed by atoms with Crippen molar-refractivity contribution in [2.75, 3.05) is 18.4 Å². The van der Waals surface area contributed by atoms with Crippen molar-refractivity contribution in [3.05, 3.63) is 73.5 Å². The Labute approximate surface area is 174 Å². The summed E-state index contributed by atoms with van der Waals surface area (Å²) >= 11 is 6.13. The summed E-state index contributed by atoms with van der Waals surface area (Å²) < 4.78 is 0. The zero-order chi connectivity index (χ0) is 20.7. The number of halogens is 1. The number of nitrogens with one attached hydrogen (secondary N) is 2. The number of fused-ring (bicyclic) bond motifs is 2. The smallest absolute Gasteiger partial charge is 0.238 e. The van der Waals surface area contributed by atoms with E-state index < -0.39 is 0 Å². The van der Waals surface area contributed by atoms with Gasteiger partial charge in [-0.1, -0.05) is 29.8 Å². The maximum absolute atomic E-state index is 13.2. The summed E-state index contributed by atoms with van der Waals surface area (Å²) in [5.41, 5.74) is 6.44. The highest BCUT2D eigenvalue weighted by atomic mass is 35.5. The highest BCUT2D eigenvalue weighted by Crippen LogP contribution is 2.23. The molecule has 1 aromatic heterocycles. The van der Waals surface area contributed by atoms with Crippen molar-refractivity contribution in [2.45, 2.75) is 33.7 Å². The Morgan fingerprint density at radius 1 is 1.14 bits per heavy atom. The van der Waals surface area contributed by atoms with Crippen LogP contribution in [0.4, 0.5) is 5.69 Å². The van der Waals surface area contributed by atoms with E-state index in [1.807, 2.05) is 49.9 Å². The van der Waals surface area contributed by atoms with E-state index in [0.29, 0.717) is 17.3 Å². The Kier molecular flexibility index (Phi) is 5.19. The Morgan fingerprint density at radius 3 is 2.62 bits per heavy atom. The van der Waals surface area contributed by atoms with Gasteiger partial charge in [0, 0.05) is 46.9 Å². The van der Waals surface area contributed by atoms with Crippen LogP contribution in [0.3, 0.4) is 0 Å². The van der Waals surface area contributed by atoms with E-state index in [0.717, 1.165) is 51.8 Å². The first kappa shape index (κ1) is 19.7. The lowest BCUT2D eigenvalue weighted by molar-refractivity contribution is -0.117. The molecule has 2 N–H and O–H groups in total. The molecular formula is C23H24ClN3O2. The lowest BCUT2D eigenvalue weighted by atomic mass is 9.98. The second kappa shape index (κ2) is 7.65. The summed E-state index contributed by atoms with van der Waals surface area (Å²) in [5, 5.41) is 4.27. The van der Waals surface area contributed by atoms with Gasteiger partial charge >= 0.3 is 0 Å². The fraction of sp³-hybridized carbons (Fsp3) is 0.304. The first-order valence-electron chi connectivity index (χ1n) is 9.76. The number of aryl methyl sites for hydroxylation is 3. The molecule has 0 fully saturated rings. The number of hydrogen-bond donors (Lipinski definition) is 2. The first-order chi connectivity index (χ1) is 13.8. The van der Waals surface area contributed by atoms with Crippen LogP contribution in [0.2, 0.25) is 5.02 Å². The van der Waals surface area contributed by atoms with Crippen LogP contribution >= 0.6 is 11.6 Å². The number of anilines is 1. The van der Waals surface area contributed by atoms with Gasteiger partial charge in [-0.2, -0.15) is 0 Å². The van der Waals surface area contributed by atoms with Crippen LogP contribution in [0, 0.1) is 20.8 Å². The average molecular weight is 410 g/mol. The summed E-state index contributed by atoms with van der Waals surface area (Å²) in [5.74, 6) is -0.113. The third-order valence-corrected chi connectivity index (χ3v) is 6.05. The molecule has 0 saturated heterocycles. The molecule has 6 heteroatoms. The maximum Gasteiger partial charge on any atom is 0.238 e. The highest BCUT2D eigenvalue weighted by molar-refractivity contribution is 6.31. The van der Waals surface area contributed by atoms with Crippen LogP contribution in [-0.4, -0.2) is 28.9 Å². The Balaban J connectivity index is 1.54. The third kappa shape index (κ3) is 3.80. The molecule has 0 saturated carbocycles. The lowest BCUT2D eigenvalue weighted by Gasteiger charge is -2.28. The number of pyridine rings is 1. The minimum Gasteiger partial charge on any atom is -0.358 e. The van der Waals surface area contributed by atoms with Crippen LogP contribution in [0.15, 0.2) is 35.1 Å². The van der Waals surface area contributed by atoms with Gasteiger partial charge in [0.25, 0.3) is 0 Å². The standard InChI is InChI=1S/C23H24ClN3O2/c1-13-6-7-16(10-18(13)24)25-20(28)12-27-9-8-19-17(11-27)23(29)21-14(2)4-5-15(3)22(21)26-19/h4-7,10H,8-9,11-12H2,1-3H3,(H,25,28)(H,26,29). The van der Waals surface area contributed by atoms with Crippen molar-refractivity contribution in [1.82, 2.24) is 9.88 Å². The maximum atomic E-state index is 13.2. The molecule has 1 aliphatic rings. The SMILES string of the molecule is Cc1ccc(NC(=O)CN2CCc3[nH]c4c(C)ccc(C)c4c(=O)c3C2)cc1Cl. The molecule has 0 unspecified atom stereocenters. The van der Waals surface area contributed by atoms with E-state index in [1.54, 1.807) is 6.07 Å². The number of benzene rings is 2. The molecule has 2 heterocycles. The van der Waals surface area contributed by atoms with E-state index in [4.69, 9.17) is 11.6 Å². The molecule has 5 nitrogen and oxygen atoms in total. The van der Waals surface area contributed by atoms with Crippen molar-refractivity contribution in [3.8, 4) is 0 Å². The molecule has 0 atom stereocenters. The molecule has 4 rings (SSSR count). The van der Waals surface area contributed by atoms with E-state index in [-0.39, 0.29) is 17.9 Å². The summed E-state index contributed by atoms with van der Waals surface area (Å²) in [6.07, 6.45) is 0.720. The molecule has 1 aliphatic heterocycles. The first-order valence-corrected chi connectivity index (χ1v) is 10.1. The lowest BCUT2D eigenvalue weighted by Crippen LogP contribution is -2.39. The van der Waals surface area contributed by atoms with E-state index in [9.17, 15) is 9.59 Å². The van der Waals surface area contributed by atoms with Crippen LogP contribution in [0.1, 0.15) is 27.9 Å².